The molecular weight excluding hydrogens is 378 g/mol. The summed E-state index contributed by atoms with van der Waals surface area (Å²) < 4.78 is 8.88. The minimum Gasteiger partial charge on any atom is -0.466 e. The first-order chi connectivity index (χ1) is 13.6. The highest BCUT2D eigenvalue weighted by Gasteiger charge is 2.35. The van der Waals surface area contributed by atoms with Crippen molar-refractivity contribution in [2.75, 3.05) is 24.4 Å². The fraction of sp³-hybridized carbons (Fsp3) is 0.389. The van der Waals surface area contributed by atoms with E-state index in [0.717, 1.165) is 41.1 Å². The van der Waals surface area contributed by atoms with Crippen LogP contribution in [-0.4, -0.2) is 45.4 Å². The molecule has 4 rings (SSSR count). The second-order valence-electron chi connectivity index (χ2n) is 6.78. The zero-order valence-electron chi connectivity index (χ0n) is 15.5. The number of fused-ring (bicyclic) bond motifs is 1. The Morgan fingerprint density at radius 2 is 2.36 bits per heavy atom. The average Bonchev–Trinajstić information content (AvgIpc) is 3.31. The lowest BCUT2D eigenvalue weighted by molar-refractivity contribution is -0.117. The Kier molecular flexibility index (Phi) is 4.83. The minimum absolute atomic E-state index is 0.0660. The maximum atomic E-state index is 12.2. The topological polar surface area (TPSA) is 100 Å². The van der Waals surface area contributed by atoms with Gasteiger partial charge in [0.1, 0.15) is 5.65 Å². The number of aromatic amines is 1. The molecule has 10 heteroatoms. The number of amides is 1. The van der Waals surface area contributed by atoms with Crippen molar-refractivity contribution >= 4 is 45.0 Å². The van der Waals surface area contributed by atoms with Crippen molar-refractivity contribution in [2.24, 2.45) is 5.92 Å². The first-order valence-corrected chi connectivity index (χ1v) is 9.60. The Morgan fingerprint density at radius 3 is 3.07 bits per heavy atom. The van der Waals surface area contributed by atoms with Gasteiger partial charge in [0, 0.05) is 48.8 Å². The Bertz CT molecular complexity index is 1050. The number of pyridine rings is 1. The summed E-state index contributed by atoms with van der Waals surface area (Å²) >= 11 is 1.10. The summed E-state index contributed by atoms with van der Waals surface area (Å²) in [6.07, 6.45) is 5.68. The number of methoxy groups -OCH3 is 1. The van der Waals surface area contributed by atoms with Crippen LogP contribution in [0.4, 0.5) is 16.5 Å². The predicted molar refractivity (Wildman–Crippen MR) is 107 cm³/mol. The summed E-state index contributed by atoms with van der Waals surface area (Å²) in [4.78, 5) is 29.4. The molecule has 1 fully saturated rings. The molecule has 1 aliphatic rings. The third-order valence-electron chi connectivity index (χ3n) is 5.08. The number of hydrogen-bond acceptors (Lipinski definition) is 7. The summed E-state index contributed by atoms with van der Waals surface area (Å²) in [5.74, 6) is 0.242. The maximum Gasteiger partial charge on any atom is 0.329 e. The molecule has 0 aromatic carbocycles. The van der Waals surface area contributed by atoms with Gasteiger partial charge in [0.2, 0.25) is 16.7 Å². The van der Waals surface area contributed by atoms with Crippen molar-refractivity contribution in [3.05, 3.63) is 29.9 Å². The predicted octanol–water partition coefficient (Wildman–Crippen LogP) is 3.22. The largest absolute Gasteiger partial charge is 0.466 e. The number of ether oxygens (including phenoxy) is 1. The quantitative estimate of drug-likeness (QED) is 0.620. The number of anilines is 2. The highest BCUT2D eigenvalue weighted by Crippen LogP contribution is 2.41. The Hall–Kier alpha value is -3.19. The van der Waals surface area contributed by atoms with Gasteiger partial charge in [-0.05, 0) is 24.8 Å². The van der Waals surface area contributed by atoms with Gasteiger partial charge in [-0.25, -0.2) is 4.85 Å². The van der Waals surface area contributed by atoms with E-state index in [2.05, 4.69) is 34.4 Å². The molecule has 2 N–H and O–H groups in total. The van der Waals surface area contributed by atoms with Gasteiger partial charge in [0.15, 0.2) is 0 Å². The number of rotatable bonds is 6. The number of carbonyl (C=O) groups excluding carboxylic acids is 1. The number of aromatic nitrogens is 4. The lowest BCUT2D eigenvalue weighted by Crippen LogP contribution is -2.43. The summed E-state index contributed by atoms with van der Waals surface area (Å²) in [5, 5.41) is 4.16. The number of nitrogens with zero attached hydrogens (tertiary/aromatic N) is 5. The first kappa shape index (κ1) is 18.2. The van der Waals surface area contributed by atoms with Gasteiger partial charge >= 0.3 is 6.01 Å². The number of hydrogen-bond donors (Lipinski definition) is 2. The Labute approximate surface area is 165 Å². The Balaban J connectivity index is 1.37. The molecule has 28 heavy (non-hydrogen) atoms. The van der Waals surface area contributed by atoms with E-state index in [0.29, 0.717) is 29.2 Å². The molecule has 1 aliphatic carbocycles. The van der Waals surface area contributed by atoms with Crippen LogP contribution >= 0.6 is 11.5 Å². The summed E-state index contributed by atoms with van der Waals surface area (Å²) in [6.45, 7) is 7.45. The molecule has 0 aliphatic heterocycles. The highest BCUT2D eigenvalue weighted by molar-refractivity contribution is 7.10. The highest BCUT2D eigenvalue weighted by atomic mass is 32.1. The number of H-pyrrole nitrogens is 1. The van der Waals surface area contributed by atoms with Crippen molar-refractivity contribution in [1.29, 1.82) is 0 Å². The molecule has 3 heterocycles. The van der Waals surface area contributed by atoms with Crippen LogP contribution in [0, 0.1) is 12.5 Å². The van der Waals surface area contributed by atoms with Crippen LogP contribution in [0.25, 0.3) is 15.9 Å². The molecule has 0 atom stereocenters. The van der Waals surface area contributed by atoms with E-state index in [1.165, 1.54) is 7.11 Å². The lowest BCUT2D eigenvalue weighted by atomic mass is 9.77. The average molecular weight is 397 g/mol. The Morgan fingerprint density at radius 1 is 1.54 bits per heavy atom. The van der Waals surface area contributed by atoms with Gasteiger partial charge in [-0.2, -0.15) is 4.98 Å². The van der Waals surface area contributed by atoms with Crippen molar-refractivity contribution in [3.63, 3.8) is 0 Å². The summed E-state index contributed by atoms with van der Waals surface area (Å²) in [5.41, 5.74) is 2.22. The molecule has 3 aromatic rings. The van der Waals surface area contributed by atoms with Crippen molar-refractivity contribution in [2.45, 2.75) is 25.3 Å². The molecule has 1 saturated carbocycles. The molecule has 0 saturated heterocycles. The minimum atomic E-state index is -0.0660. The fourth-order valence-electron chi connectivity index (χ4n) is 3.58. The van der Waals surface area contributed by atoms with Gasteiger partial charge < -0.3 is 19.9 Å². The van der Waals surface area contributed by atoms with E-state index in [9.17, 15) is 4.79 Å². The molecule has 144 valence electrons. The van der Waals surface area contributed by atoms with Crippen LogP contribution in [-0.2, 0) is 4.79 Å². The molecule has 1 amide bonds. The first-order valence-electron chi connectivity index (χ1n) is 8.83. The molecule has 0 spiro atoms. The lowest BCUT2D eigenvalue weighted by Gasteiger charge is -2.42. The third-order valence-corrected chi connectivity index (χ3v) is 5.69. The van der Waals surface area contributed by atoms with E-state index in [1.54, 1.807) is 6.20 Å². The molecule has 3 aromatic heterocycles. The normalized spacial score (nSPS) is 18.3. The van der Waals surface area contributed by atoms with Gasteiger partial charge in [0.05, 0.1) is 19.4 Å². The molecule has 9 nitrogen and oxygen atoms in total. The summed E-state index contributed by atoms with van der Waals surface area (Å²) in [7, 11) is 3.49. The van der Waals surface area contributed by atoms with E-state index in [1.807, 2.05) is 19.3 Å². The molecule has 0 unspecified atom stereocenters. The van der Waals surface area contributed by atoms with E-state index >= 15 is 0 Å². The van der Waals surface area contributed by atoms with Crippen molar-refractivity contribution < 1.29 is 9.53 Å². The van der Waals surface area contributed by atoms with Crippen molar-refractivity contribution in [1.82, 2.24) is 19.3 Å². The molecular formula is C18H19N7O2S. The SMILES string of the molecule is [C-]#[N+]c1cnc2[nH]ccc2c1N(C)C1CC(CC(=O)Nc2nc(OC)ns2)C1. The van der Waals surface area contributed by atoms with Gasteiger partial charge in [0.25, 0.3) is 0 Å². The van der Waals surface area contributed by atoms with Crippen LogP contribution in [0.5, 0.6) is 6.01 Å². The summed E-state index contributed by atoms with van der Waals surface area (Å²) in [6, 6.07) is 2.50. The number of nitrogens with one attached hydrogen (secondary N) is 2. The number of carbonyl (C=O) groups is 1. The van der Waals surface area contributed by atoms with Crippen LogP contribution < -0.4 is 15.0 Å². The fourth-order valence-corrected chi connectivity index (χ4v) is 4.14. The third kappa shape index (κ3) is 3.36. The van der Waals surface area contributed by atoms with E-state index in [4.69, 9.17) is 11.3 Å². The van der Waals surface area contributed by atoms with E-state index in [-0.39, 0.29) is 11.9 Å². The van der Waals surface area contributed by atoms with Gasteiger partial charge in [-0.15, -0.1) is 4.37 Å². The maximum absolute atomic E-state index is 12.2. The van der Waals surface area contributed by atoms with Crippen LogP contribution in [0.1, 0.15) is 19.3 Å². The molecule has 0 radical (unpaired) electrons. The zero-order valence-corrected chi connectivity index (χ0v) is 16.3. The smallest absolute Gasteiger partial charge is 0.329 e. The second-order valence-corrected chi connectivity index (χ2v) is 7.54. The van der Waals surface area contributed by atoms with Gasteiger partial charge in [-0.3, -0.25) is 9.78 Å². The van der Waals surface area contributed by atoms with Crippen molar-refractivity contribution in [3.8, 4) is 6.01 Å². The van der Waals surface area contributed by atoms with Crippen LogP contribution in [0.2, 0.25) is 0 Å². The monoisotopic (exact) mass is 397 g/mol. The van der Waals surface area contributed by atoms with Crippen LogP contribution in [0.15, 0.2) is 18.5 Å². The second kappa shape index (κ2) is 7.44. The van der Waals surface area contributed by atoms with Crippen LogP contribution in [0.3, 0.4) is 0 Å². The standard InChI is InChI=1S/C18H19N7O2S/c1-19-13-9-21-16-12(4-5-20-16)15(13)25(2)11-6-10(7-11)8-14(26)22-18-23-17(27-3)24-28-18/h4-5,9-11H,6-8H2,2-3H3,(H,20,21)(H,22,23,24,26). The zero-order chi connectivity index (χ0) is 19.7. The molecule has 0 bridgehead atoms. The van der Waals surface area contributed by atoms with Gasteiger partial charge in [-0.1, -0.05) is 0 Å². The van der Waals surface area contributed by atoms with E-state index < -0.39 is 0 Å².